The number of phenolic OH excluding ortho intramolecular Hbond substituents is 1. The SMILES string of the molecule is C.C.CCC(C)C(=O)Oc1cccc2c(O)cccc12. The Kier molecular flexibility index (Phi) is 6.77. The number of fused-ring (bicyclic) bond motifs is 1. The molecule has 110 valence electrons. The van der Waals surface area contributed by atoms with E-state index < -0.39 is 0 Å². The first-order chi connectivity index (χ1) is 8.63. The topological polar surface area (TPSA) is 46.5 Å². The van der Waals surface area contributed by atoms with E-state index in [0.29, 0.717) is 11.1 Å². The summed E-state index contributed by atoms with van der Waals surface area (Å²) in [7, 11) is 0. The maximum atomic E-state index is 11.8. The molecule has 0 heterocycles. The smallest absolute Gasteiger partial charge is 0.314 e. The molecule has 0 aliphatic heterocycles. The zero-order valence-electron chi connectivity index (χ0n) is 10.5. The van der Waals surface area contributed by atoms with E-state index >= 15 is 0 Å². The van der Waals surface area contributed by atoms with Crippen molar-refractivity contribution in [1.82, 2.24) is 0 Å². The van der Waals surface area contributed by atoms with Crippen molar-refractivity contribution in [3.8, 4) is 11.5 Å². The second-order valence-corrected chi connectivity index (χ2v) is 4.36. The van der Waals surface area contributed by atoms with Crippen LogP contribution in [0, 0.1) is 5.92 Å². The van der Waals surface area contributed by atoms with E-state index in [9.17, 15) is 9.90 Å². The third-order valence-electron chi connectivity index (χ3n) is 3.08. The van der Waals surface area contributed by atoms with Crippen LogP contribution in [0.5, 0.6) is 11.5 Å². The summed E-state index contributed by atoms with van der Waals surface area (Å²) < 4.78 is 5.39. The predicted octanol–water partition coefficient (Wildman–Crippen LogP) is 4.77. The van der Waals surface area contributed by atoms with Gasteiger partial charge in [-0.15, -0.1) is 0 Å². The molecule has 0 amide bonds. The van der Waals surface area contributed by atoms with Crippen molar-refractivity contribution in [2.75, 3.05) is 0 Å². The van der Waals surface area contributed by atoms with Gasteiger partial charge in [-0.3, -0.25) is 4.79 Å². The number of phenols is 1. The number of ether oxygens (including phenoxy) is 1. The summed E-state index contributed by atoms with van der Waals surface area (Å²) in [6.07, 6.45) is 0.745. The molecule has 1 N–H and O–H groups in total. The Labute approximate surface area is 121 Å². The molecule has 3 heteroatoms. The molecule has 0 aliphatic carbocycles. The maximum Gasteiger partial charge on any atom is 0.314 e. The number of hydrogen-bond acceptors (Lipinski definition) is 3. The molecule has 0 fully saturated rings. The Morgan fingerprint density at radius 1 is 1.15 bits per heavy atom. The first kappa shape index (κ1) is 18.0. The van der Waals surface area contributed by atoms with Gasteiger partial charge >= 0.3 is 5.97 Å². The van der Waals surface area contributed by atoms with Crippen LogP contribution in [0.4, 0.5) is 0 Å². The van der Waals surface area contributed by atoms with Gasteiger partial charge in [0, 0.05) is 10.8 Å². The highest BCUT2D eigenvalue weighted by atomic mass is 16.5. The van der Waals surface area contributed by atoms with Crippen molar-refractivity contribution < 1.29 is 14.6 Å². The molecule has 3 nitrogen and oxygen atoms in total. The fraction of sp³-hybridized carbons (Fsp3) is 0.353. The minimum Gasteiger partial charge on any atom is -0.507 e. The summed E-state index contributed by atoms with van der Waals surface area (Å²) in [6.45, 7) is 3.78. The summed E-state index contributed by atoms with van der Waals surface area (Å²) in [5, 5.41) is 11.2. The number of carbonyl (C=O) groups is 1. The lowest BCUT2D eigenvalue weighted by Gasteiger charge is -2.11. The van der Waals surface area contributed by atoms with E-state index in [4.69, 9.17) is 4.74 Å². The number of benzene rings is 2. The highest BCUT2D eigenvalue weighted by molar-refractivity contribution is 5.94. The average Bonchev–Trinajstić information content (AvgIpc) is 2.39. The van der Waals surface area contributed by atoms with Crippen LogP contribution in [0.3, 0.4) is 0 Å². The van der Waals surface area contributed by atoms with E-state index in [1.165, 1.54) is 0 Å². The van der Waals surface area contributed by atoms with Gasteiger partial charge in [-0.25, -0.2) is 0 Å². The molecule has 0 radical (unpaired) electrons. The Morgan fingerprint density at radius 3 is 2.40 bits per heavy atom. The van der Waals surface area contributed by atoms with E-state index in [1.54, 1.807) is 30.3 Å². The second kappa shape index (κ2) is 7.53. The standard InChI is InChI=1S/C15H16O3.2CH4/c1-3-10(2)15(17)18-14-9-5-6-11-12(14)7-4-8-13(11)16;;/h4-10,16H,3H2,1-2H3;2*1H4. The fourth-order valence-corrected chi connectivity index (χ4v) is 1.73. The number of carbonyl (C=O) groups excluding carboxylic acids is 1. The molecule has 0 spiro atoms. The molecule has 0 aromatic heterocycles. The molecule has 20 heavy (non-hydrogen) atoms. The molecule has 2 aromatic rings. The van der Waals surface area contributed by atoms with E-state index in [1.807, 2.05) is 19.9 Å². The maximum absolute atomic E-state index is 11.8. The lowest BCUT2D eigenvalue weighted by molar-refractivity contribution is -0.138. The van der Waals surface area contributed by atoms with Crippen LogP contribution in [0.15, 0.2) is 36.4 Å². The van der Waals surface area contributed by atoms with Crippen molar-refractivity contribution in [1.29, 1.82) is 0 Å². The molecule has 0 saturated carbocycles. The van der Waals surface area contributed by atoms with Crippen LogP contribution in [0.2, 0.25) is 0 Å². The van der Waals surface area contributed by atoms with Gasteiger partial charge in [-0.1, -0.05) is 53.0 Å². The highest BCUT2D eigenvalue weighted by Gasteiger charge is 2.14. The number of rotatable bonds is 3. The van der Waals surface area contributed by atoms with Crippen LogP contribution in [-0.2, 0) is 4.79 Å². The zero-order valence-corrected chi connectivity index (χ0v) is 10.5. The van der Waals surface area contributed by atoms with Gasteiger partial charge < -0.3 is 9.84 Å². The molecular weight excluding hydrogens is 252 g/mol. The predicted molar refractivity (Wildman–Crippen MR) is 84.2 cm³/mol. The number of aromatic hydroxyl groups is 1. The number of esters is 1. The minimum atomic E-state index is -0.242. The first-order valence-corrected chi connectivity index (χ1v) is 6.06. The van der Waals surface area contributed by atoms with Crippen molar-refractivity contribution in [2.45, 2.75) is 35.1 Å². The summed E-state index contributed by atoms with van der Waals surface area (Å²) >= 11 is 0. The van der Waals surface area contributed by atoms with Crippen LogP contribution in [-0.4, -0.2) is 11.1 Å². The van der Waals surface area contributed by atoms with Gasteiger partial charge in [0.25, 0.3) is 0 Å². The van der Waals surface area contributed by atoms with Crippen LogP contribution in [0.25, 0.3) is 10.8 Å². The third kappa shape index (κ3) is 3.50. The van der Waals surface area contributed by atoms with Crippen molar-refractivity contribution in [3.63, 3.8) is 0 Å². The Bertz CT molecular complexity index is 575. The van der Waals surface area contributed by atoms with Crippen LogP contribution >= 0.6 is 0 Å². The van der Waals surface area contributed by atoms with Crippen LogP contribution in [0.1, 0.15) is 35.1 Å². The van der Waals surface area contributed by atoms with Crippen molar-refractivity contribution >= 4 is 16.7 Å². The van der Waals surface area contributed by atoms with Gasteiger partial charge in [-0.2, -0.15) is 0 Å². The Morgan fingerprint density at radius 2 is 1.75 bits per heavy atom. The number of hydrogen-bond donors (Lipinski definition) is 1. The molecule has 0 aliphatic rings. The Balaban J connectivity index is 0.00000180. The first-order valence-electron chi connectivity index (χ1n) is 6.06. The van der Waals surface area contributed by atoms with E-state index in [-0.39, 0.29) is 32.5 Å². The van der Waals surface area contributed by atoms with Gasteiger partial charge in [0.05, 0.1) is 5.92 Å². The average molecular weight is 276 g/mol. The second-order valence-electron chi connectivity index (χ2n) is 4.36. The molecule has 0 bridgehead atoms. The molecular formula is C17H24O3. The molecule has 2 rings (SSSR count). The molecule has 1 atom stereocenters. The summed E-state index contributed by atoms with van der Waals surface area (Å²) in [4.78, 5) is 11.8. The lowest BCUT2D eigenvalue weighted by Crippen LogP contribution is -2.17. The minimum absolute atomic E-state index is 0. The van der Waals surface area contributed by atoms with E-state index in [0.717, 1.165) is 11.8 Å². The fourth-order valence-electron chi connectivity index (χ4n) is 1.73. The zero-order chi connectivity index (χ0) is 13.1. The van der Waals surface area contributed by atoms with Gasteiger partial charge in [-0.05, 0) is 18.6 Å². The Hall–Kier alpha value is -2.03. The monoisotopic (exact) mass is 276 g/mol. The van der Waals surface area contributed by atoms with Gasteiger partial charge in [0.2, 0.25) is 0 Å². The van der Waals surface area contributed by atoms with E-state index in [2.05, 4.69) is 0 Å². The molecule has 2 aromatic carbocycles. The summed E-state index contributed by atoms with van der Waals surface area (Å²) in [6, 6.07) is 10.5. The van der Waals surface area contributed by atoms with Crippen molar-refractivity contribution in [3.05, 3.63) is 36.4 Å². The molecule has 0 saturated heterocycles. The van der Waals surface area contributed by atoms with Crippen LogP contribution < -0.4 is 4.74 Å². The normalized spacial score (nSPS) is 11.1. The highest BCUT2D eigenvalue weighted by Crippen LogP contribution is 2.31. The third-order valence-corrected chi connectivity index (χ3v) is 3.08. The molecule has 1 unspecified atom stereocenters. The largest absolute Gasteiger partial charge is 0.507 e. The van der Waals surface area contributed by atoms with Crippen molar-refractivity contribution in [2.24, 2.45) is 5.92 Å². The quantitative estimate of drug-likeness (QED) is 0.649. The van der Waals surface area contributed by atoms with Gasteiger partial charge in [0.1, 0.15) is 11.5 Å². The summed E-state index contributed by atoms with van der Waals surface area (Å²) in [5.41, 5.74) is 0. The summed E-state index contributed by atoms with van der Waals surface area (Å²) in [5.74, 6) is 0.313. The van der Waals surface area contributed by atoms with Gasteiger partial charge in [0.15, 0.2) is 0 Å². The lowest BCUT2D eigenvalue weighted by atomic mass is 10.1.